The van der Waals surface area contributed by atoms with Gasteiger partial charge in [-0.15, -0.1) is 0 Å². The molecular formula is C13H10F2N2O4. The molecule has 0 unspecified atom stereocenters. The Morgan fingerprint density at radius 1 is 1.38 bits per heavy atom. The zero-order chi connectivity index (χ0) is 15.6. The van der Waals surface area contributed by atoms with Crippen molar-refractivity contribution in [3.63, 3.8) is 0 Å². The Balaban J connectivity index is 2.33. The molecule has 110 valence electrons. The van der Waals surface area contributed by atoms with Gasteiger partial charge in [-0.1, -0.05) is 0 Å². The van der Waals surface area contributed by atoms with Crippen LogP contribution in [0.2, 0.25) is 0 Å². The highest BCUT2D eigenvalue weighted by molar-refractivity contribution is 5.98. The normalized spacial score (nSPS) is 10.4. The molecule has 0 aliphatic rings. The Morgan fingerprint density at radius 3 is 2.62 bits per heavy atom. The number of nitro benzene ring substituents is 1. The first-order chi connectivity index (χ1) is 9.90. The van der Waals surface area contributed by atoms with Crippen LogP contribution in [0.25, 0.3) is 0 Å². The van der Waals surface area contributed by atoms with E-state index >= 15 is 0 Å². The van der Waals surface area contributed by atoms with E-state index in [1.807, 2.05) is 0 Å². The summed E-state index contributed by atoms with van der Waals surface area (Å²) in [5.74, 6) is -3.06. The molecule has 0 saturated carbocycles. The van der Waals surface area contributed by atoms with Crippen LogP contribution in [0.5, 0.6) is 0 Å². The second-order valence-corrected chi connectivity index (χ2v) is 4.28. The number of rotatable bonds is 4. The zero-order valence-electron chi connectivity index (χ0n) is 10.9. The lowest BCUT2D eigenvalue weighted by Crippen LogP contribution is -2.27. The predicted octanol–water partition coefficient (Wildman–Crippen LogP) is 2.74. The van der Waals surface area contributed by atoms with Crippen molar-refractivity contribution >= 4 is 11.6 Å². The molecule has 0 atom stereocenters. The fraction of sp³-hybridized carbons (Fsp3) is 0.154. The molecule has 1 aromatic carbocycles. The second kappa shape index (κ2) is 5.70. The van der Waals surface area contributed by atoms with Crippen LogP contribution in [0, 0.1) is 21.7 Å². The topological polar surface area (TPSA) is 76.6 Å². The maximum atomic E-state index is 13.2. The highest BCUT2D eigenvalue weighted by Gasteiger charge is 2.26. The van der Waals surface area contributed by atoms with Crippen molar-refractivity contribution in [2.24, 2.45) is 0 Å². The van der Waals surface area contributed by atoms with Gasteiger partial charge in [0.05, 0.1) is 23.8 Å². The van der Waals surface area contributed by atoms with E-state index in [1.165, 1.54) is 13.3 Å². The average molecular weight is 296 g/mol. The lowest BCUT2D eigenvalue weighted by Gasteiger charge is -2.15. The van der Waals surface area contributed by atoms with Gasteiger partial charge in [-0.3, -0.25) is 14.9 Å². The first-order valence-corrected chi connectivity index (χ1v) is 5.81. The number of nitro groups is 1. The Morgan fingerprint density at radius 2 is 2.05 bits per heavy atom. The minimum absolute atomic E-state index is 0.0436. The molecule has 1 aromatic heterocycles. The SMILES string of the molecule is CN(Cc1ccco1)C(=O)c1cc(F)c(F)cc1[N+](=O)[O-]. The van der Waals surface area contributed by atoms with Gasteiger partial charge in [0, 0.05) is 7.05 Å². The highest BCUT2D eigenvalue weighted by atomic mass is 19.2. The number of carbonyl (C=O) groups is 1. The van der Waals surface area contributed by atoms with Gasteiger partial charge in [0.25, 0.3) is 11.6 Å². The summed E-state index contributed by atoms with van der Waals surface area (Å²) in [6.45, 7) is 0.0436. The maximum absolute atomic E-state index is 13.2. The van der Waals surface area contributed by atoms with Crippen LogP contribution in [-0.2, 0) is 6.54 Å². The molecule has 0 saturated heterocycles. The first kappa shape index (κ1) is 14.6. The van der Waals surface area contributed by atoms with Crippen LogP contribution in [-0.4, -0.2) is 22.8 Å². The van der Waals surface area contributed by atoms with Gasteiger partial charge in [-0.25, -0.2) is 8.78 Å². The largest absolute Gasteiger partial charge is 0.467 e. The zero-order valence-corrected chi connectivity index (χ0v) is 10.9. The standard InChI is InChI=1S/C13H10F2N2O4/c1-16(7-8-3-2-4-21-8)13(18)9-5-10(14)11(15)6-12(9)17(19)20/h2-6H,7H2,1H3. The van der Waals surface area contributed by atoms with Crippen molar-refractivity contribution in [2.45, 2.75) is 6.54 Å². The molecule has 21 heavy (non-hydrogen) atoms. The molecule has 0 spiro atoms. The van der Waals surface area contributed by atoms with E-state index in [4.69, 9.17) is 4.42 Å². The van der Waals surface area contributed by atoms with Crippen LogP contribution < -0.4 is 0 Å². The fourth-order valence-electron chi connectivity index (χ4n) is 1.77. The van der Waals surface area contributed by atoms with Crippen LogP contribution in [0.1, 0.15) is 16.1 Å². The molecule has 0 bridgehead atoms. The summed E-state index contributed by atoms with van der Waals surface area (Å²) in [6.07, 6.45) is 1.41. The van der Waals surface area contributed by atoms with Gasteiger partial charge in [-0.05, 0) is 18.2 Å². The van der Waals surface area contributed by atoms with Crippen molar-refractivity contribution in [2.75, 3.05) is 7.05 Å². The Hall–Kier alpha value is -2.77. The van der Waals surface area contributed by atoms with Crippen molar-refractivity contribution in [3.8, 4) is 0 Å². The highest BCUT2D eigenvalue weighted by Crippen LogP contribution is 2.24. The van der Waals surface area contributed by atoms with E-state index in [9.17, 15) is 23.7 Å². The second-order valence-electron chi connectivity index (χ2n) is 4.28. The Kier molecular flexibility index (Phi) is 3.97. The fourth-order valence-corrected chi connectivity index (χ4v) is 1.77. The molecular weight excluding hydrogens is 286 g/mol. The monoisotopic (exact) mass is 296 g/mol. The van der Waals surface area contributed by atoms with Crippen LogP contribution in [0.15, 0.2) is 34.9 Å². The quantitative estimate of drug-likeness (QED) is 0.642. The van der Waals surface area contributed by atoms with Crippen molar-refractivity contribution in [1.82, 2.24) is 4.90 Å². The van der Waals surface area contributed by atoms with Gasteiger partial charge >= 0.3 is 0 Å². The molecule has 2 rings (SSSR count). The minimum Gasteiger partial charge on any atom is -0.467 e. The van der Waals surface area contributed by atoms with E-state index < -0.39 is 33.7 Å². The van der Waals surface area contributed by atoms with E-state index in [0.29, 0.717) is 17.9 Å². The summed E-state index contributed by atoms with van der Waals surface area (Å²) in [5, 5.41) is 10.9. The number of hydrogen-bond acceptors (Lipinski definition) is 4. The Labute approximate surface area is 117 Å². The third-order valence-corrected chi connectivity index (χ3v) is 2.79. The average Bonchev–Trinajstić information content (AvgIpc) is 2.93. The summed E-state index contributed by atoms with van der Waals surface area (Å²) in [7, 11) is 1.37. The van der Waals surface area contributed by atoms with Crippen molar-refractivity contribution in [1.29, 1.82) is 0 Å². The third kappa shape index (κ3) is 3.04. The summed E-state index contributed by atoms with van der Waals surface area (Å²) in [6, 6.07) is 4.15. The third-order valence-electron chi connectivity index (χ3n) is 2.79. The predicted molar refractivity (Wildman–Crippen MR) is 67.5 cm³/mol. The summed E-state index contributed by atoms with van der Waals surface area (Å²) in [5.41, 5.74) is -1.31. The lowest BCUT2D eigenvalue weighted by atomic mass is 10.1. The lowest BCUT2D eigenvalue weighted by molar-refractivity contribution is -0.385. The van der Waals surface area contributed by atoms with E-state index in [0.717, 1.165) is 4.90 Å². The number of nitrogens with zero attached hydrogens (tertiary/aromatic N) is 2. The number of benzene rings is 1. The number of furan rings is 1. The van der Waals surface area contributed by atoms with Gasteiger partial charge in [0.15, 0.2) is 11.6 Å². The number of carbonyl (C=O) groups excluding carboxylic acids is 1. The van der Waals surface area contributed by atoms with Gasteiger partial charge < -0.3 is 9.32 Å². The summed E-state index contributed by atoms with van der Waals surface area (Å²) >= 11 is 0. The number of hydrogen-bond donors (Lipinski definition) is 0. The Bertz CT molecular complexity index is 686. The van der Waals surface area contributed by atoms with Gasteiger partial charge in [0.2, 0.25) is 0 Å². The molecule has 8 heteroatoms. The maximum Gasteiger partial charge on any atom is 0.285 e. The molecule has 0 aliphatic carbocycles. The molecule has 2 aromatic rings. The summed E-state index contributed by atoms with van der Waals surface area (Å²) < 4.78 is 31.4. The van der Waals surface area contributed by atoms with Gasteiger partial charge in [-0.2, -0.15) is 0 Å². The number of amides is 1. The molecule has 0 aliphatic heterocycles. The summed E-state index contributed by atoms with van der Waals surface area (Å²) in [4.78, 5) is 23.2. The molecule has 0 radical (unpaired) electrons. The first-order valence-electron chi connectivity index (χ1n) is 5.81. The molecule has 1 amide bonds. The van der Waals surface area contributed by atoms with Crippen molar-refractivity contribution in [3.05, 3.63) is 63.6 Å². The molecule has 0 N–H and O–H groups in total. The number of halogens is 2. The van der Waals surface area contributed by atoms with Crippen LogP contribution in [0.4, 0.5) is 14.5 Å². The van der Waals surface area contributed by atoms with E-state index in [2.05, 4.69) is 0 Å². The van der Waals surface area contributed by atoms with Gasteiger partial charge in [0.1, 0.15) is 11.3 Å². The van der Waals surface area contributed by atoms with Crippen molar-refractivity contribution < 1.29 is 22.9 Å². The van der Waals surface area contributed by atoms with Crippen LogP contribution in [0.3, 0.4) is 0 Å². The molecule has 6 nitrogen and oxygen atoms in total. The minimum atomic E-state index is -1.38. The molecule has 1 heterocycles. The smallest absolute Gasteiger partial charge is 0.285 e. The van der Waals surface area contributed by atoms with Crippen LogP contribution >= 0.6 is 0 Å². The van der Waals surface area contributed by atoms with E-state index in [-0.39, 0.29) is 6.54 Å². The van der Waals surface area contributed by atoms with E-state index in [1.54, 1.807) is 12.1 Å². The molecule has 0 fully saturated rings.